The van der Waals surface area contributed by atoms with Gasteiger partial charge in [-0.25, -0.2) is 0 Å². The lowest BCUT2D eigenvalue weighted by molar-refractivity contribution is 0.621. The van der Waals surface area contributed by atoms with Crippen LogP contribution in [-0.2, 0) is 6.42 Å². The molecule has 5 heteroatoms. The van der Waals surface area contributed by atoms with Gasteiger partial charge in [-0.2, -0.15) is 0 Å². The highest BCUT2D eigenvalue weighted by molar-refractivity contribution is 9.10. The molecule has 0 saturated heterocycles. The number of rotatable bonds is 6. The summed E-state index contributed by atoms with van der Waals surface area (Å²) in [5, 5.41) is 6.30. The van der Waals surface area contributed by atoms with E-state index < -0.39 is 0 Å². The minimum Gasteiger partial charge on any atom is -0.316 e. The van der Waals surface area contributed by atoms with Gasteiger partial charge < -0.3 is 5.32 Å². The number of hydrogen-bond acceptors (Lipinski definition) is 3. The fourth-order valence-electron chi connectivity index (χ4n) is 1.67. The molecule has 1 heterocycles. The van der Waals surface area contributed by atoms with Gasteiger partial charge in [-0.15, -0.1) is 23.1 Å². The van der Waals surface area contributed by atoms with Crippen LogP contribution in [-0.4, -0.2) is 18.8 Å². The highest BCUT2D eigenvalue weighted by atomic mass is 79.9. The molecule has 1 atom stereocenters. The Hall–Kier alpha value is -0.000000000000000111. The standard InChI is InChI=1S/C14H15BrClNS2/c1-17-11(8-14-13(15)6-7-18-14)9-19-12-4-2-10(16)3-5-12/h2-7,11,17H,8-9H2,1H3. The summed E-state index contributed by atoms with van der Waals surface area (Å²) in [7, 11) is 2.02. The molecule has 0 spiro atoms. The van der Waals surface area contributed by atoms with Crippen LogP contribution in [0.15, 0.2) is 45.1 Å². The Morgan fingerprint density at radius 1 is 1.32 bits per heavy atom. The Balaban J connectivity index is 1.89. The Morgan fingerprint density at radius 2 is 2.05 bits per heavy atom. The molecule has 0 aliphatic rings. The average Bonchev–Trinajstić information content (AvgIpc) is 2.82. The van der Waals surface area contributed by atoms with Crippen molar-refractivity contribution in [1.29, 1.82) is 0 Å². The summed E-state index contributed by atoms with van der Waals surface area (Å²) < 4.78 is 1.22. The van der Waals surface area contributed by atoms with Crippen LogP contribution in [0.5, 0.6) is 0 Å². The molecule has 0 aliphatic heterocycles. The van der Waals surface area contributed by atoms with E-state index in [4.69, 9.17) is 11.6 Å². The van der Waals surface area contributed by atoms with E-state index in [9.17, 15) is 0 Å². The first-order chi connectivity index (χ1) is 9.19. The summed E-state index contributed by atoms with van der Waals surface area (Å²) >= 11 is 13.1. The van der Waals surface area contributed by atoms with Crippen molar-refractivity contribution in [1.82, 2.24) is 5.32 Å². The maximum atomic E-state index is 5.89. The lowest BCUT2D eigenvalue weighted by atomic mass is 10.2. The molecule has 0 bridgehead atoms. The van der Waals surface area contributed by atoms with E-state index in [1.54, 1.807) is 11.3 Å². The second kappa shape index (κ2) is 7.70. The third kappa shape index (κ3) is 4.80. The highest BCUT2D eigenvalue weighted by Gasteiger charge is 2.11. The highest BCUT2D eigenvalue weighted by Crippen LogP contribution is 2.26. The fourth-order valence-corrected chi connectivity index (χ4v) is 4.39. The van der Waals surface area contributed by atoms with Crippen molar-refractivity contribution in [2.24, 2.45) is 0 Å². The molecule has 0 amide bonds. The van der Waals surface area contributed by atoms with E-state index >= 15 is 0 Å². The summed E-state index contributed by atoms with van der Waals surface area (Å²) in [5.41, 5.74) is 0. The number of nitrogens with one attached hydrogen (secondary N) is 1. The van der Waals surface area contributed by atoms with Crippen molar-refractivity contribution in [2.45, 2.75) is 17.4 Å². The molecule has 1 N–H and O–H groups in total. The summed E-state index contributed by atoms with van der Waals surface area (Å²) in [6.07, 6.45) is 1.05. The van der Waals surface area contributed by atoms with Crippen LogP contribution < -0.4 is 5.32 Å². The van der Waals surface area contributed by atoms with E-state index in [2.05, 4.69) is 44.8 Å². The van der Waals surface area contributed by atoms with Crippen LogP contribution in [0.3, 0.4) is 0 Å². The lowest BCUT2D eigenvalue weighted by Crippen LogP contribution is -2.29. The van der Waals surface area contributed by atoms with Crippen LogP contribution in [0, 0.1) is 0 Å². The van der Waals surface area contributed by atoms with Gasteiger partial charge in [-0.1, -0.05) is 11.6 Å². The van der Waals surface area contributed by atoms with Gasteiger partial charge in [0.05, 0.1) is 0 Å². The van der Waals surface area contributed by atoms with Gasteiger partial charge in [0.15, 0.2) is 0 Å². The SMILES string of the molecule is CNC(CSc1ccc(Cl)cc1)Cc1sccc1Br. The molecule has 19 heavy (non-hydrogen) atoms. The van der Waals surface area contributed by atoms with Crippen molar-refractivity contribution < 1.29 is 0 Å². The zero-order valence-corrected chi connectivity index (χ0v) is 14.5. The molecule has 0 fully saturated rings. The van der Waals surface area contributed by atoms with Crippen LogP contribution >= 0.6 is 50.6 Å². The topological polar surface area (TPSA) is 12.0 Å². The smallest absolute Gasteiger partial charge is 0.0406 e. The lowest BCUT2D eigenvalue weighted by Gasteiger charge is -2.15. The Morgan fingerprint density at radius 3 is 2.63 bits per heavy atom. The number of thiophene rings is 1. The first-order valence-electron chi connectivity index (χ1n) is 5.96. The molecule has 102 valence electrons. The average molecular weight is 377 g/mol. The van der Waals surface area contributed by atoms with Crippen LogP contribution in [0.25, 0.3) is 0 Å². The van der Waals surface area contributed by atoms with Gasteiger partial charge in [-0.3, -0.25) is 0 Å². The van der Waals surface area contributed by atoms with E-state index in [1.807, 2.05) is 30.9 Å². The summed E-state index contributed by atoms with van der Waals surface area (Å²) in [6.45, 7) is 0. The molecule has 1 aromatic heterocycles. The molecule has 2 rings (SSSR count). The monoisotopic (exact) mass is 375 g/mol. The third-order valence-corrected chi connectivity index (χ3v) is 6.17. The maximum absolute atomic E-state index is 5.89. The van der Waals surface area contributed by atoms with E-state index in [0.29, 0.717) is 6.04 Å². The predicted molar refractivity (Wildman–Crippen MR) is 90.7 cm³/mol. The summed E-state index contributed by atoms with van der Waals surface area (Å²) in [6, 6.07) is 10.6. The Labute approximate surface area is 135 Å². The number of halogens is 2. The number of thioether (sulfide) groups is 1. The van der Waals surface area contributed by atoms with Crippen molar-refractivity contribution in [2.75, 3.05) is 12.8 Å². The Kier molecular flexibility index (Phi) is 6.23. The number of benzene rings is 1. The van der Waals surface area contributed by atoms with Crippen molar-refractivity contribution in [3.8, 4) is 0 Å². The Bertz CT molecular complexity index is 512. The molecular weight excluding hydrogens is 362 g/mol. The van der Waals surface area contributed by atoms with Gasteiger partial charge in [0.25, 0.3) is 0 Å². The second-order valence-corrected chi connectivity index (χ2v) is 7.53. The zero-order valence-electron chi connectivity index (χ0n) is 10.5. The molecule has 0 aliphatic carbocycles. The molecule has 1 nitrogen and oxygen atoms in total. The second-order valence-electron chi connectivity index (χ2n) is 4.15. The van der Waals surface area contributed by atoms with E-state index in [1.165, 1.54) is 14.2 Å². The van der Waals surface area contributed by atoms with Crippen LogP contribution in [0.2, 0.25) is 5.02 Å². The predicted octanol–water partition coefficient (Wildman–Crippen LogP) is 5.09. The quantitative estimate of drug-likeness (QED) is 0.705. The molecule has 0 radical (unpaired) electrons. The minimum absolute atomic E-state index is 0.468. The van der Waals surface area contributed by atoms with Gasteiger partial charge in [-0.05, 0) is 65.1 Å². The van der Waals surface area contributed by atoms with Gasteiger partial charge >= 0.3 is 0 Å². The molecule has 0 saturated carbocycles. The van der Waals surface area contributed by atoms with Crippen LogP contribution in [0.1, 0.15) is 4.88 Å². The number of likely N-dealkylation sites (N-methyl/N-ethyl adjacent to an activating group) is 1. The van der Waals surface area contributed by atoms with Gasteiger partial charge in [0.2, 0.25) is 0 Å². The first kappa shape index (κ1) is 15.4. The number of hydrogen-bond donors (Lipinski definition) is 1. The largest absolute Gasteiger partial charge is 0.316 e. The minimum atomic E-state index is 0.468. The van der Waals surface area contributed by atoms with Crippen molar-refractivity contribution >= 4 is 50.6 Å². The summed E-state index contributed by atoms with van der Waals surface area (Å²) in [5.74, 6) is 1.04. The molecule has 2 aromatic rings. The van der Waals surface area contributed by atoms with Gasteiger partial charge in [0, 0.05) is 31.1 Å². The van der Waals surface area contributed by atoms with Crippen LogP contribution in [0.4, 0.5) is 0 Å². The van der Waals surface area contributed by atoms with Crippen molar-refractivity contribution in [3.63, 3.8) is 0 Å². The van der Waals surface area contributed by atoms with Crippen molar-refractivity contribution in [3.05, 3.63) is 50.1 Å². The van der Waals surface area contributed by atoms with E-state index in [-0.39, 0.29) is 0 Å². The zero-order chi connectivity index (χ0) is 13.7. The normalized spacial score (nSPS) is 12.6. The summed E-state index contributed by atoms with van der Waals surface area (Å²) in [4.78, 5) is 2.66. The molecular formula is C14H15BrClNS2. The fraction of sp³-hybridized carbons (Fsp3) is 0.286. The first-order valence-corrected chi connectivity index (χ1v) is 9.00. The van der Waals surface area contributed by atoms with E-state index in [0.717, 1.165) is 17.2 Å². The maximum Gasteiger partial charge on any atom is 0.0406 e. The third-order valence-electron chi connectivity index (χ3n) is 2.80. The van der Waals surface area contributed by atoms with Gasteiger partial charge in [0.1, 0.15) is 0 Å². The molecule has 1 unspecified atom stereocenters. The molecule has 1 aromatic carbocycles.